The van der Waals surface area contributed by atoms with Gasteiger partial charge in [-0.2, -0.15) is 0 Å². The lowest BCUT2D eigenvalue weighted by Gasteiger charge is -2.09. The molecule has 0 aliphatic rings. The van der Waals surface area contributed by atoms with E-state index in [4.69, 9.17) is 12.2 Å². The summed E-state index contributed by atoms with van der Waals surface area (Å²) in [7, 11) is 0. The van der Waals surface area contributed by atoms with Crippen molar-refractivity contribution >= 4 is 40.6 Å². The summed E-state index contributed by atoms with van der Waals surface area (Å²) < 4.78 is 1.66. The van der Waals surface area contributed by atoms with Gasteiger partial charge in [0.15, 0.2) is 4.77 Å². The van der Waals surface area contributed by atoms with Crippen molar-refractivity contribution in [2.45, 2.75) is 19.9 Å². The van der Waals surface area contributed by atoms with Crippen LogP contribution in [0.25, 0.3) is 10.9 Å². The van der Waals surface area contributed by atoms with Crippen LogP contribution >= 0.6 is 12.2 Å². The number of carbonyl (C=O) groups is 2. The molecule has 0 aliphatic carbocycles. The number of benzene rings is 2. The monoisotopic (exact) mass is 396 g/mol. The second-order valence-corrected chi connectivity index (χ2v) is 6.55. The highest BCUT2D eigenvalue weighted by Gasteiger charge is 2.09. The predicted octanol–water partition coefficient (Wildman–Crippen LogP) is 2.84. The molecule has 28 heavy (non-hydrogen) atoms. The van der Waals surface area contributed by atoms with Gasteiger partial charge in [0.25, 0.3) is 11.5 Å². The number of nitrogens with one attached hydrogen (secondary N) is 3. The van der Waals surface area contributed by atoms with Crippen LogP contribution in [0.4, 0.5) is 5.69 Å². The van der Waals surface area contributed by atoms with Crippen LogP contribution < -0.4 is 16.2 Å². The van der Waals surface area contributed by atoms with Crippen LogP contribution in [0.15, 0.2) is 53.3 Å². The number of rotatable bonds is 6. The van der Waals surface area contributed by atoms with E-state index in [1.807, 2.05) is 13.0 Å². The van der Waals surface area contributed by atoms with Crippen molar-refractivity contribution in [3.63, 3.8) is 0 Å². The molecule has 0 fully saturated rings. The van der Waals surface area contributed by atoms with Gasteiger partial charge in [-0.15, -0.1) is 0 Å². The molecule has 0 atom stereocenters. The molecule has 2 aromatic carbocycles. The van der Waals surface area contributed by atoms with Gasteiger partial charge in [-0.05, 0) is 55.5 Å². The third kappa shape index (κ3) is 4.34. The fourth-order valence-corrected chi connectivity index (χ4v) is 3.09. The number of hydrogen-bond acceptors (Lipinski definition) is 4. The number of H-pyrrole nitrogens is 1. The number of anilines is 1. The summed E-state index contributed by atoms with van der Waals surface area (Å²) in [6, 6.07) is 13.7. The summed E-state index contributed by atoms with van der Waals surface area (Å²) in [5.41, 5.74) is 1.55. The van der Waals surface area contributed by atoms with Gasteiger partial charge in [-0.25, -0.2) is 0 Å². The Hall–Kier alpha value is -3.26. The van der Waals surface area contributed by atoms with Gasteiger partial charge in [0.05, 0.1) is 10.9 Å². The van der Waals surface area contributed by atoms with E-state index < -0.39 is 0 Å². The lowest BCUT2D eigenvalue weighted by atomic mass is 10.2. The fourth-order valence-electron chi connectivity index (χ4n) is 2.81. The summed E-state index contributed by atoms with van der Waals surface area (Å²) in [6.07, 6.45) is 0.0911. The minimum atomic E-state index is -0.250. The summed E-state index contributed by atoms with van der Waals surface area (Å²) >= 11 is 5.25. The Morgan fingerprint density at radius 3 is 2.54 bits per heavy atom. The highest BCUT2D eigenvalue weighted by Crippen LogP contribution is 2.11. The number of amides is 2. The molecule has 2 amide bonds. The number of hydrogen-bond donors (Lipinski definition) is 3. The summed E-state index contributed by atoms with van der Waals surface area (Å²) in [5.74, 6) is -0.412. The molecule has 1 aromatic heterocycles. The zero-order valence-electron chi connectivity index (χ0n) is 15.3. The molecule has 144 valence electrons. The summed E-state index contributed by atoms with van der Waals surface area (Å²) in [4.78, 5) is 39.6. The zero-order chi connectivity index (χ0) is 20.1. The van der Waals surface area contributed by atoms with Crippen LogP contribution in [-0.2, 0) is 11.3 Å². The van der Waals surface area contributed by atoms with Crippen LogP contribution in [0, 0.1) is 4.77 Å². The van der Waals surface area contributed by atoms with Gasteiger partial charge in [0.1, 0.15) is 0 Å². The average Bonchev–Trinajstić information content (AvgIpc) is 2.68. The quantitative estimate of drug-likeness (QED) is 0.558. The number of para-hydroxylation sites is 1. The van der Waals surface area contributed by atoms with Crippen molar-refractivity contribution in [3.8, 4) is 0 Å². The predicted molar refractivity (Wildman–Crippen MR) is 111 cm³/mol. The zero-order valence-corrected chi connectivity index (χ0v) is 16.1. The lowest BCUT2D eigenvalue weighted by molar-refractivity contribution is -0.116. The Bertz CT molecular complexity index is 1130. The van der Waals surface area contributed by atoms with Gasteiger partial charge in [-0.3, -0.25) is 19.0 Å². The van der Waals surface area contributed by atoms with Gasteiger partial charge < -0.3 is 15.6 Å². The first kappa shape index (κ1) is 19.5. The molecule has 0 radical (unpaired) electrons. The first-order chi connectivity index (χ1) is 13.5. The molecule has 8 heteroatoms. The van der Waals surface area contributed by atoms with Gasteiger partial charge in [0, 0.05) is 30.8 Å². The van der Waals surface area contributed by atoms with Crippen molar-refractivity contribution in [1.29, 1.82) is 0 Å². The largest absolute Gasteiger partial charge is 0.352 e. The Morgan fingerprint density at radius 1 is 1.11 bits per heavy atom. The number of nitrogens with zero attached hydrogens (tertiary/aromatic N) is 1. The van der Waals surface area contributed by atoms with Crippen LogP contribution in [-0.4, -0.2) is 27.9 Å². The molecule has 0 saturated carbocycles. The fraction of sp³-hybridized carbons (Fsp3) is 0.200. The van der Waals surface area contributed by atoms with Crippen LogP contribution in [0.1, 0.15) is 23.7 Å². The van der Waals surface area contributed by atoms with E-state index in [2.05, 4.69) is 15.6 Å². The Labute approximate surface area is 166 Å². The second-order valence-electron chi connectivity index (χ2n) is 6.17. The van der Waals surface area contributed by atoms with E-state index >= 15 is 0 Å². The maximum atomic E-state index is 12.6. The third-order valence-corrected chi connectivity index (χ3v) is 4.54. The molecular weight excluding hydrogens is 376 g/mol. The molecule has 3 aromatic rings. The first-order valence-corrected chi connectivity index (χ1v) is 9.30. The summed E-state index contributed by atoms with van der Waals surface area (Å²) in [6.45, 7) is 2.56. The minimum Gasteiger partial charge on any atom is -0.352 e. The molecule has 0 bridgehead atoms. The number of carbonyl (C=O) groups excluding carboxylic acids is 2. The molecule has 3 N–H and O–H groups in total. The number of fused-ring (bicyclic) bond motifs is 1. The Balaban J connectivity index is 1.66. The number of aromatic nitrogens is 2. The molecule has 0 saturated heterocycles. The minimum absolute atomic E-state index is 0.0911. The van der Waals surface area contributed by atoms with Crippen LogP contribution in [0.5, 0.6) is 0 Å². The van der Waals surface area contributed by atoms with Gasteiger partial charge in [-0.1, -0.05) is 12.1 Å². The Morgan fingerprint density at radius 2 is 1.82 bits per heavy atom. The first-order valence-electron chi connectivity index (χ1n) is 8.89. The normalized spacial score (nSPS) is 10.6. The van der Waals surface area contributed by atoms with Crippen molar-refractivity contribution < 1.29 is 9.59 Å². The van der Waals surface area contributed by atoms with E-state index in [-0.39, 0.29) is 35.1 Å². The maximum Gasteiger partial charge on any atom is 0.262 e. The molecular formula is C20H20N4O3S. The van der Waals surface area contributed by atoms with E-state index in [9.17, 15) is 14.4 Å². The number of aromatic amines is 1. The topological polar surface area (TPSA) is 96.0 Å². The van der Waals surface area contributed by atoms with E-state index in [1.165, 1.54) is 4.57 Å². The van der Waals surface area contributed by atoms with Crippen LogP contribution in [0.3, 0.4) is 0 Å². The van der Waals surface area contributed by atoms with Crippen molar-refractivity contribution in [1.82, 2.24) is 14.9 Å². The molecule has 3 rings (SSSR count). The van der Waals surface area contributed by atoms with Crippen molar-refractivity contribution in [2.75, 3.05) is 11.9 Å². The smallest absolute Gasteiger partial charge is 0.262 e. The SMILES string of the molecule is CCNC(=O)c1ccc(NC(=O)CCn2c(=S)[nH]c3ccccc3c2=O)cc1. The van der Waals surface area contributed by atoms with Gasteiger partial charge in [0.2, 0.25) is 5.91 Å². The van der Waals surface area contributed by atoms with Crippen LogP contribution in [0.2, 0.25) is 0 Å². The molecule has 0 spiro atoms. The molecule has 0 unspecified atom stereocenters. The molecule has 0 aliphatic heterocycles. The second kappa shape index (κ2) is 8.62. The highest BCUT2D eigenvalue weighted by molar-refractivity contribution is 7.71. The van der Waals surface area contributed by atoms with E-state index in [1.54, 1.807) is 42.5 Å². The van der Waals surface area contributed by atoms with E-state index in [0.717, 1.165) is 0 Å². The lowest BCUT2D eigenvalue weighted by Crippen LogP contribution is -2.25. The summed E-state index contributed by atoms with van der Waals surface area (Å²) in [5, 5.41) is 5.99. The standard InChI is InChI=1S/C20H20N4O3S/c1-2-21-18(26)13-7-9-14(10-8-13)22-17(25)11-12-24-19(27)15-5-3-4-6-16(15)23-20(24)28/h3-10H,2,11-12H2,1H3,(H,21,26)(H,22,25)(H,23,28). The van der Waals surface area contributed by atoms with Crippen molar-refractivity contribution in [2.24, 2.45) is 0 Å². The molecule has 7 nitrogen and oxygen atoms in total. The third-order valence-electron chi connectivity index (χ3n) is 4.22. The van der Waals surface area contributed by atoms with Crippen molar-refractivity contribution in [3.05, 3.63) is 69.2 Å². The molecule has 1 heterocycles. The maximum absolute atomic E-state index is 12.6. The Kier molecular flexibility index (Phi) is 6.00. The van der Waals surface area contributed by atoms with E-state index in [0.29, 0.717) is 28.7 Å². The highest BCUT2D eigenvalue weighted by atomic mass is 32.1. The average molecular weight is 396 g/mol. The van der Waals surface area contributed by atoms with Gasteiger partial charge >= 0.3 is 0 Å².